The Morgan fingerprint density at radius 1 is 1.11 bits per heavy atom. The van der Waals surface area contributed by atoms with Crippen molar-refractivity contribution in [1.29, 1.82) is 0 Å². The summed E-state index contributed by atoms with van der Waals surface area (Å²) < 4.78 is 5.30. The number of carbonyl (C=O) groups is 2. The molecule has 0 aromatic heterocycles. The first-order valence-electron chi connectivity index (χ1n) is 8.85. The number of anilines is 1. The third kappa shape index (κ3) is 3.65. The molecular weight excluding hydrogens is 364 g/mol. The Labute approximate surface area is 161 Å². The second-order valence-corrected chi connectivity index (χ2v) is 7.62. The number of benzene rings is 2. The molecule has 2 aromatic carbocycles. The maximum Gasteiger partial charge on any atom is 0.245 e. The smallest absolute Gasteiger partial charge is 0.245 e. The quantitative estimate of drug-likeness (QED) is 0.880. The summed E-state index contributed by atoms with van der Waals surface area (Å²) in [6.07, 6.45) is 0. The molecule has 0 spiro atoms. The van der Waals surface area contributed by atoms with Gasteiger partial charge in [0.2, 0.25) is 11.8 Å². The Kier molecular flexibility index (Phi) is 5.05. The molecule has 2 aromatic rings. The zero-order valence-electron chi connectivity index (χ0n) is 14.7. The van der Waals surface area contributed by atoms with Crippen molar-refractivity contribution in [2.75, 3.05) is 37.7 Å². The van der Waals surface area contributed by atoms with Gasteiger partial charge in [-0.1, -0.05) is 24.3 Å². The maximum atomic E-state index is 13.2. The summed E-state index contributed by atoms with van der Waals surface area (Å²) in [5, 5.41) is 9.09. The van der Waals surface area contributed by atoms with E-state index in [1.54, 1.807) is 34.1 Å². The van der Waals surface area contributed by atoms with Gasteiger partial charge in [-0.15, -0.1) is 11.8 Å². The van der Waals surface area contributed by atoms with Crippen LogP contribution in [0.5, 0.6) is 5.75 Å². The number of para-hydroxylation sites is 1. The fourth-order valence-corrected chi connectivity index (χ4v) is 4.52. The van der Waals surface area contributed by atoms with Crippen LogP contribution in [0.3, 0.4) is 0 Å². The Hall–Kier alpha value is -2.51. The number of phenols is 1. The lowest BCUT2D eigenvalue weighted by molar-refractivity contribution is -0.135. The maximum absolute atomic E-state index is 13.2. The van der Waals surface area contributed by atoms with E-state index in [1.165, 1.54) is 11.8 Å². The molecule has 6 nitrogen and oxygen atoms in total. The van der Waals surface area contributed by atoms with Gasteiger partial charge in [-0.3, -0.25) is 9.59 Å². The second kappa shape index (κ2) is 7.62. The molecule has 1 saturated heterocycles. The van der Waals surface area contributed by atoms with Crippen molar-refractivity contribution >= 4 is 29.3 Å². The molecule has 0 aliphatic carbocycles. The highest BCUT2D eigenvalue weighted by atomic mass is 32.2. The number of ether oxygens (including phenoxy) is 1. The van der Waals surface area contributed by atoms with Crippen LogP contribution in [0.25, 0.3) is 0 Å². The Bertz CT molecular complexity index is 849. The summed E-state index contributed by atoms with van der Waals surface area (Å²) >= 11 is 1.47. The van der Waals surface area contributed by atoms with Gasteiger partial charge in [0.25, 0.3) is 0 Å². The van der Waals surface area contributed by atoms with E-state index in [2.05, 4.69) is 0 Å². The number of amides is 2. The standard InChI is InChI=1S/C20H20N2O4S/c23-15-7-5-14(6-8-15)19-20(25)22(16-3-1-2-4-17(16)27-19)13-18(24)21-9-11-26-12-10-21/h1-8,19,23H,9-13H2. The number of carbonyl (C=O) groups excluding carboxylic acids is 2. The number of rotatable bonds is 3. The highest BCUT2D eigenvalue weighted by Gasteiger charge is 2.36. The van der Waals surface area contributed by atoms with Gasteiger partial charge in [-0.2, -0.15) is 0 Å². The molecule has 1 atom stereocenters. The van der Waals surface area contributed by atoms with Crippen LogP contribution in [0, 0.1) is 0 Å². The van der Waals surface area contributed by atoms with Gasteiger partial charge in [0.15, 0.2) is 0 Å². The number of fused-ring (bicyclic) bond motifs is 1. The Morgan fingerprint density at radius 3 is 2.56 bits per heavy atom. The van der Waals surface area contributed by atoms with Gasteiger partial charge in [-0.05, 0) is 29.8 Å². The number of morpholine rings is 1. The molecule has 2 amide bonds. The molecule has 2 aliphatic rings. The molecule has 2 heterocycles. The number of nitrogens with zero attached hydrogens (tertiary/aromatic N) is 2. The minimum Gasteiger partial charge on any atom is -0.508 e. The number of aromatic hydroxyl groups is 1. The van der Waals surface area contributed by atoms with Gasteiger partial charge in [0, 0.05) is 18.0 Å². The monoisotopic (exact) mass is 384 g/mol. The molecule has 7 heteroatoms. The summed E-state index contributed by atoms with van der Waals surface area (Å²) in [7, 11) is 0. The SMILES string of the molecule is O=C(CN1C(=O)C(c2ccc(O)cc2)Sc2ccccc21)N1CCOCC1. The summed E-state index contributed by atoms with van der Waals surface area (Å²) in [5.74, 6) is -0.0319. The zero-order valence-corrected chi connectivity index (χ0v) is 15.5. The van der Waals surface area contributed by atoms with Crippen molar-refractivity contribution in [3.05, 3.63) is 54.1 Å². The summed E-state index contributed by atoms with van der Waals surface area (Å²) in [5.41, 5.74) is 1.57. The number of hydrogen-bond acceptors (Lipinski definition) is 5. The van der Waals surface area contributed by atoms with Gasteiger partial charge in [0.05, 0.1) is 18.9 Å². The first kappa shape index (κ1) is 17.9. The lowest BCUT2D eigenvalue weighted by Gasteiger charge is -2.35. The van der Waals surface area contributed by atoms with Crippen molar-refractivity contribution in [2.24, 2.45) is 0 Å². The third-order valence-electron chi connectivity index (χ3n) is 4.74. The van der Waals surface area contributed by atoms with E-state index in [4.69, 9.17) is 4.74 Å². The van der Waals surface area contributed by atoms with Crippen molar-refractivity contribution in [2.45, 2.75) is 10.1 Å². The van der Waals surface area contributed by atoms with E-state index in [0.717, 1.165) is 16.1 Å². The first-order chi connectivity index (χ1) is 13.1. The van der Waals surface area contributed by atoms with Crippen LogP contribution in [-0.2, 0) is 14.3 Å². The lowest BCUT2D eigenvalue weighted by Crippen LogP contribution is -2.48. The predicted octanol–water partition coefficient (Wildman–Crippen LogP) is 2.43. The van der Waals surface area contributed by atoms with E-state index in [-0.39, 0.29) is 24.1 Å². The highest BCUT2D eigenvalue weighted by Crippen LogP contribution is 2.46. The highest BCUT2D eigenvalue weighted by molar-refractivity contribution is 8.00. The lowest BCUT2D eigenvalue weighted by atomic mass is 10.1. The first-order valence-corrected chi connectivity index (χ1v) is 9.73. The predicted molar refractivity (Wildman–Crippen MR) is 103 cm³/mol. The van der Waals surface area contributed by atoms with Crippen LogP contribution in [-0.4, -0.2) is 54.7 Å². The van der Waals surface area contributed by atoms with Crippen molar-refractivity contribution in [1.82, 2.24) is 4.90 Å². The minimum absolute atomic E-state index is 0.0188. The zero-order chi connectivity index (χ0) is 18.8. The average molecular weight is 384 g/mol. The number of thioether (sulfide) groups is 1. The largest absolute Gasteiger partial charge is 0.508 e. The molecule has 27 heavy (non-hydrogen) atoms. The van der Waals surface area contributed by atoms with Crippen molar-refractivity contribution in [3.63, 3.8) is 0 Å². The van der Waals surface area contributed by atoms with Crippen LogP contribution in [0.15, 0.2) is 53.4 Å². The summed E-state index contributed by atoms with van der Waals surface area (Å²) in [6, 6.07) is 14.3. The van der Waals surface area contributed by atoms with E-state index >= 15 is 0 Å². The van der Waals surface area contributed by atoms with Gasteiger partial charge < -0.3 is 19.6 Å². The average Bonchev–Trinajstić information content (AvgIpc) is 2.71. The number of hydrogen-bond donors (Lipinski definition) is 1. The van der Waals surface area contributed by atoms with E-state index < -0.39 is 5.25 Å². The van der Waals surface area contributed by atoms with Gasteiger partial charge in [0.1, 0.15) is 17.5 Å². The molecule has 2 aliphatic heterocycles. The molecule has 1 N–H and O–H groups in total. The third-order valence-corrected chi connectivity index (χ3v) is 6.05. The molecule has 0 bridgehead atoms. The summed E-state index contributed by atoms with van der Waals surface area (Å²) in [6.45, 7) is 2.19. The number of phenolic OH excluding ortho intramolecular Hbond substituents is 1. The van der Waals surface area contributed by atoms with Crippen LogP contribution >= 0.6 is 11.8 Å². The Balaban J connectivity index is 1.63. The normalized spacial score (nSPS) is 19.7. The topological polar surface area (TPSA) is 70.1 Å². The van der Waals surface area contributed by atoms with Crippen LogP contribution in [0.4, 0.5) is 5.69 Å². The van der Waals surface area contributed by atoms with Gasteiger partial charge in [-0.25, -0.2) is 0 Å². The van der Waals surface area contributed by atoms with Crippen LogP contribution in [0.2, 0.25) is 0 Å². The molecule has 4 rings (SSSR count). The fourth-order valence-electron chi connectivity index (χ4n) is 3.29. The minimum atomic E-state index is -0.446. The molecular formula is C20H20N2O4S. The molecule has 0 radical (unpaired) electrons. The van der Waals surface area contributed by atoms with Crippen molar-refractivity contribution < 1.29 is 19.4 Å². The van der Waals surface area contributed by atoms with E-state index in [1.807, 2.05) is 24.3 Å². The van der Waals surface area contributed by atoms with Crippen LogP contribution < -0.4 is 4.90 Å². The molecule has 0 saturated carbocycles. The van der Waals surface area contributed by atoms with Crippen LogP contribution in [0.1, 0.15) is 10.8 Å². The fraction of sp³-hybridized carbons (Fsp3) is 0.300. The second-order valence-electron chi connectivity index (χ2n) is 6.47. The Morgan fingerprint density at radius 2 is 1.81 bits per heavy atom. The summed E-state index contributed by atoms with van der Waals surface area (Å²) in [4.78, 5) is 30.3. The molecule has 1 unspecified atom stereocenters. The molecule has 140 valence electrons. The molecule has 1 fully saturated rings. The van der Waals surface area contributed by atoms with E-state index in [0.29, 0.717) is 26.3 Å². The van der Waals surface area contributed by atoms with E-state index in [9.17, 15) is 14.7 Å². The van der Waals surface area contributed by atoms with Gasteiger partial charge >= 0.3 is 0 Å². The van der Waals surface area contributed by atoms with Crippen molar-refractivity contribution in [3.8, 4) is 5.75 Å².